The van der Waals surface area contributed by atoms with Gasteiger partial charge < -0.3 is 27.3 Å². The van der Waals surface area contributed by atoms with Crippen LogP contribution in [0.25, 0.3) is 262 Å². The minimum absolute atomic E-state index is 0.635. The summed E-state index contributed by atoms with van der Waals surface area (Å²) in [6.07, 6.45) is 0. The van der Waals surface area contributed by atoms with Gasteiger partial charge in [-0.15, -0.1) is 0 Å². The van der Waals surface area contributed by atoms with Crippen molar-refractivity contribution in [2.45, 2.75) is 0 Å². The van der Waals surface area contributed by atoms with E-state index in [0.29, 0.717) is 52.4 Å². The third kappa shape index (κ3) is 14.8. The Balaban J connectivity index is 0.000000108. The average molecular weight is 1840 g/mol. The van der Waals surface area contributed by atoms with E-state index in [1.54, 1.807) is 0 Å². The predicted octanol–water partition coefficient (Wildman–Crippen LogP) is 32.0. The standard InChI is InChI=1S/2C45H29N5.C39H24N4O/c1-4-14-30(15-5-1)43-46-44(31-16-6-2-7-17-31)48-45(47-43)32-24-26-34(27-25-32)50-40-23-13-11-21-36(40)38-28-41-37(29-42(38)50)35-20-10-12-22-39(35)49(41)33-18-8-3-9-19-33;1-4-14-30(15-5-1)43-46-44(31-16-6-2-7-17-31)48-45(47-43)32-24-26-34(27-25-32)50-40-23-13-11-21-36(40)38-28-37-35-20-10-12-22-39(35)49(41(37)29-42(38)50)33-18-8-3-9-19-33;1-3-11-25(12-4-1)37-40-38(26-13-5-2-6-14-26)42-39(41-37)27-19-21-28(22-20-27)43-33-17-9-7-15-29(33)31-23-32-30-16-8-10-18-35(30)44-36(32)24-34(31)43/h2*1-29H;1-24H. The van der Waals surface area contributed by atoms with Crippen LogP contribution in [-0.4, -0.2) is 67.7 Å². The minimum Gasteiger partial charge on any atom is -0.456 e. The molecule has 0 aliphatic heterocycles. The number of aromatic nitrogens is 14. The fourth-order valence-corrected chi connectivity index (χ4v) is 20.7. The van der Waals surface area contributed by atoms with Crippen molar-refractivity contribution in [3.63, 3.8) is 0 Å². The molecule has 0 bridgehead atoms. The fraction of sp³-hybridized carbons (Fsp3) is 0. The van der Waals surface area contributed by atoms with Crippen molar-refractivity contribution < 1.29 is 4.42 Å². The number of rotatable bonds is 14. The van der Waals surface area contributed by atoms with Crippen molar-refractivity contribution in [3.05, 3.63) is 497 Å². The van der Waals surface area contributed by atoms with Crippen molar-refractivity contribution in [2.75, 3.05) is 0 Å². The van der Waals surface area contributed by atoms with Crippen LogP contribution in [0, 0.1) is 0 Å². The first-order valence-electron chi connectivity index (χ1n) is 48.2. The van der Waals surface area contributed by atoms with Gasteiger partial charge in [0.15, 0.2) is 52.4 Å². The highest BCUT2D eigenvalue weighted by molar-refractivity contribution is 6.22. The van der Waals surface area contributed by atoms with Gasteiger partial charge in [0, 0.05) is 149 Å². The molecule has 15 nitrogen and oxygen atoms in total. The van der Waals surface area contributed by atoms with Crippen molar-refractivity contribution in [3.8, 4) is 131 Å². The molecule has 29 aromatic rings. The van der Waals surface area contributed by atoms with Crippen molar-refractivity contribution >= 4 is 131 Å². The summed E-state index contributed by atoms with van der Waals surface area (Å²) in [5.41, 5.74) is 27.4. The molecule has 0 aliphatic carbocycles. The topological polar surface area (TPSA) is 154 Å². The number of nitrogens with zero attached hydrogens (tertiary/aromatic N) is 14. The lowest BCUT2D eigenvalue weighted by atomic mass is 10.1. The molecular weight excluding hydrogens is 1760 g/mol. The van der Waals surface area contributed by atoms with E-state index in [2.05, 4.69) is 326 Å². The zero-order valence-electron chi connectivity index (χ0n) is 77.5. The molecule has 0 amide bonds. The number of hydrogen-bond acceptors (Lipinski definition) is 10. The highest BCUT2D eigenvalue weighted by Crippen LogP contribution is 2.46. The molecule has 9 aromatic heterocycles. The Kier molecular flexibility index (Phi) is 20.5. The molecule has 0 spiro atoms. The maximum atomic E-state index is 6.28. The maximum Gasteiger partial charge on any atom is 0.164 e. The van der Waals surface area contributed by atoms with Gasteiger partial charge >= 0.3 is 0 Å². The Morgan fingerprint density at radius 1 is 0.118 bits per heavy atom. The average Bonchev–Trinajstić information content (AvgIpc) is 1.55. The van der Waals surface area contributed by atoms with Gasteiger partial charge in [-0.25, -0.2) is 44.9 Å². The molecule has 0 radical (unpaired) electrons. The molecule has 20 aromatic carbocycles. The first kappa shape index (κ1) is 83.6. The molecule has 674 valence electrons. The lowest BCUT2D eigenvalue weighted by Crippen LogP contribution is -2.00. The van der Waals surface area contributed by atoms with Crippen molar-refractivity contribution in [1.29, 1.82) is 0 Å². The van der Waals surface area contributed by atoms with E-state index in [1.807, 2.05) is 194 Å². The molecule has 15 heteroatoms. The molecule has 29 rings (SSSR count). The summed E-state index contributed by atoms with van der Waals surface area (Å²) in [4.78, 5) is 44.2. The van der Waals surface area contributed by atoms with E-state index in [1.165, 1.54) is 81.4 Å². The Hall–Kier alpha value is -19.8. The number of para-hydroxylation sites is 8. The van der Waals surface area contributed by atoms with Gasteiger partial charge in [-0.1, -0.05) is 328 Å². The molecule has 0 fully saturated rings. The lowest BCUT2D eigenvalue weighted by molar-refractivity contribution is 0.669. The first-order chi connectivity index (χ1) is 71.4. The molecule has 0 unspecified atom stereocenters. The zero-order valence-corrected chi connectivity index (χ0v) is 77.5. The van der Waals surface area contributed by atoms with Crippen LogP contribution in [0.1, 0.15) is 0 Å². The van der Waals surface area contributed by atoms with Crippen LogP contribution in [-0.2, 0) is 0 Å². The lowest BCUT2D eigenvalue weighted by Gasteiger charge is -2.11. The van der Waals surface area contributed by atoms with E-state index >= 15 is 0 Å². The predicted molar refractivity (Wildman–Crippen MR) is 587 cm³/mol. The van der Waals surface area contributed by atoms with Crippen LogP contribution < -0.4 is 0 Å². The van der Waals surface area contributed by atoms with Crippen molar-refractivity contribution in [1.82, 2.24) is 67.7 Å². The summed E-state index contributed by atoms with van der Waals surface area (Å²) in [6, 6.07) is 173. The highest BCUT2D eigenvalue weighted by Gasteiger charge is 2.26. The molecule has 0 N–H and O–H groups in total. The SMILES string of the molecule is c1ccc(-c2nc(-c3ccccc3)nc(-c3ccc(-n4c5ccccc5c5cc6c(cc54)c4ccccc4n6-c4ccccc4)cc3)n2)cc1.c1ccc(-c2nc(-c3ccccc3)nc(-c3ccc(-n4c5ccccc5c5cc6c(cc54)oc4ccccc46)cc3)n2)cc1.c1ccc(-c2nc(-c3ccccc3)nc(-c3ccc(-n4c5ccccc5c5cc6c7ccccc7n(-c7ccccc7)c6cc54)cc3)n2)cc1. The minimum atomic E-state index is 0.635. The van der Waals surface area contributed by atoms with Gasteiger partial charge in [0.2, 0.25) is 0 Å². The largest absolute Gasteiger partial charge is 0.456 e. The summed E-state index contributed by atoms with van der Waals surface area (Å²) < 4.78 is 18.1. The summed E-state index contributed by atoms with van der Waals surface area (Å²) in [5, 5.41) is 14.5. The second-order valence-corrected chi connectivity index (χ2v) is 35.9. The van der Waals surface area contributed by atoms with Crippen molar-refractivity contribution in [2.24, 2.45) is 0 Å². The fourth-order valence-electron chi connectivity index (χ4n) is 20.7. The van der Waals surface area contributed by atoms with Gasteiger partial charge in [-0.05, 0) is 164 Å². The van der Waals surface area contributed by atoms with E-state index < -0.39 is 0 Å². The molecular formula is C129H82N14O. The van der Waals surface area contributed by atoms with Crippen LogP contribution in [0.2, 0.25) is 0 Å². The Bertz CT molecular complexity index is 9780. The summed E-state index contributed by atoms with van der Waals surface area (Å²) in [5.74, 6) is 5.82. The summed E-state index contributed by atoms with van der Waals surface area (Å²) in [7, 11) is 0. The maximum absolute atomic E-state index is 6.28. The van der Waals surface area contributed by atoms with Crippen LogP contribution in [0.4, 0.5) is 0 Å². The van der Waals surface area contributed by atoms with Crippen LogP contribution in [0.15, 0.2) is 502 Å². The molecule has 0 aliphatic rings. The van der Waals surface area contributed by atoms with Crippen LogP contribution in [0.5, 0.6) is 0 Å². The molecule has 0 saturated carbocycles. The number of furan rings is 1. The molecule has 0 atom stereocenters. The third-order valence-electron chi connectivity index (χ3n) is 27.4. The molecule has 9 heterocycles. The van der Waals surface area contributed by atoms with Gasteiger partial charge in [0.05, 0.1) is 55.2 Å². The normalized spacial score (nSPS) is 11.6. The quantitative estimate of drug-likeness (QED) is 0.103. The first-order valence-corrected chi connectivity index (χ1v) is 48.2. The number of hydrogen-bond donors (Lipinski definition) is 0. The van der Waals surface area contributed by atoms with Gasteiger partial charge in [0.1, 0.15) is 11.2 Å². The van der Waals surface area contributed by atoms with E-state index in [-0.39, 0.29) is 0 Å². The van der Waals surface area contributed by atoms with Gasteiger partial charge in [-0.2, -0.15) is 0 Å². The van der Waals surface area contributed by atoms with Crippen LogP contribution >= 0.6 is 0 Å². The van der Waals surface area contributed by atoms with E-state index in [0.717, 1.165) is 128 Å². The highest BCUT2D eigenvalue weighted by atomic mass is 16.3. The summed E-state index contributed by atoms with van der Waals surface area (Å²) >= 11 is 0. The monoisotopic (exact) mass is 1840 g/mol. The number of benzene rings is 20. The third-order valence-corrected chi connectivity index (χ3v) is 27.4. The van der Waals surface area contributed by atoms with Gasteiger partial charge in [0.25, 0.3) is 0 Å². The molecule has 0 saturated heterocycles. The second-order valence-electron chi connectivity index (χ2n) is 35.9. The molecule has 144 heavy (non-hydrogen) atoms. The van der Waals surface area contributed by atoms with Gasteiger partial charge in [-0.3, -0.25) is 0 Å². The van der Waals surface area contributed by atoms with E-state index in [4.69, 9.17) is 49.3 Å². The second kappa shape index (κ2) is 35.3. The summed E-state index contributed by atoms with van der Waals surface area (Å²) in [6.45, 7) is 0. The zero-order chi connectivity index (χ0) is 95.1. The Morgan fingerprint density at radius 3 is 0.569 bits per heavy atom. The van der Waals surface area contributed by atoms with E-state index in [9.17, 15) is 0 Å². The Labute approximate surface area is 825 Å². The number of fused-ring (bicyclic) bond motifs is 18. The smallest absolute Gasteiger partial charge is 0.164 e. The Morgan fingerprint density at radius 2 is 0.306 bits per heavy atom. The van der Waals surface area contributed by atoms with Crippen LogP contribution in [0.3, 0.4) is 0 Å².